The highest BCUT2D eigenvalue weighted by atomic mass is 19.2. The highest BCUT2D eigenvalue weighted by Gasteiger charge is 2.12. The van der Waals surface area contributed by atoms with Crippen molar-refractivity contribution in [2.75, 3.05) is 0 Å². The molecule has 2 aromatic rings. The smallest absolute Gasteiger partial charge is 0.311 e. The van der Waals surface area contributed by atoms with Gasteiger partial charge in [-0.05, 0) is 49.2 Å². The maximum Gasteiger partial charge on any atom is 0.311 e. The van der Waals surface area contributed by atoms with Crippen LogP contribution in [0, 0.1) is 11.6 Å². The van der Waals surface area contributed by atoms with Gasteiger partial charge in [-0.25, -0.2) is 8.78 Å². The van der Waals surface area contributed by atoms with E-state index in [0.717, 1.165) is 6.07 Å². The highest BCUT2D eigenvalue weighted by molar-refractivity contribution is 5.78. The van der Waals surface area contributed by atoms with Crippen LogP contribution in [0.5, 0.6) is 11.5 Å². The zero-order chi connectivity index (χ0) is 18.4. The predicted molar refractivity (Wildman–Crippen MR) is 86.0 cm³/mol. The van der Waals surface area contributed by atoms with E-state index in [9.17, 15) is 18.4 Å². The van der Waals surface area contributed by atoms with Gasteiger partial charge >= 0.3 is 5.97 Å². The van der Waals surface area contributed by atoms with E-state index in [1.54, 1.807) is 0 Å². The van der Waals surface area contributed by atoms with Crippen LogP contribution in [0.25, 0.3) is 0 Å². The van der Waals surface area contributed by atoms with E-state index < -0.39 is 29.6 Å². The fourth-order valence-corrected chi connectivity index (χ4v) is 2.01. The molecule has 2 N–H and O–H groups in total. The van der Waals surface area contributed by atoms with Crippen molar-refractivity contribution < 1.29 is 27.8 Å². The number of carbonyl (C=O) groups excluding carboxylic acids is 2. The molecule has 0 aliphatic heterocycles. The van der Waals surface area contributed by atoms with Gasteiger partial charge in [0.1, 0.15) is 11.5 Å². The first-order valence-electron chi connectivity index (χ1n) is 7.56. The first kappa shape index (κ1) is 18.4. The van der Waals surface area contributed by atoms with Gasteiger partial charge in [-0.1, -0.05) is 12.1 Å². The number of primary amides is 1. The summed E-state index contributed by atoms with van der Waals surface area (Å²) in [4.78, 5) is 22.7. The van der Waals surface area contributed by atoms with E-state index in [1.165, 1.54) is 43.3 Å². The maximum atomic E-state index is 13.5. The molecule has 0 saturated heterocycles. The zero-order valence-electron chi connectivity index (χ0n) is 13.5. The Bertz CT molecular complexity index is 762. The minimum Gasteiger partial charge on any atom is -0.481 e. The number of ether oxygens (including phenoxy) is 2. The first-order chi connectivity index (χ1) is 11.9. The largest absolute Gasteiger partial charge is 0.481 e. The molecule has 0 spiro atoms. The molecule has 0 heterocycles. The molecule has 2 aromatic carbocycles. The van der Waals surface area contributed by atoms with Crippen molar-refractivity contribution >= 4 is 11.9 Å². The van der Waals surface area contributed by atoms with Crippen molar-refractivity contribution in [3.8, 4) is 11.5 Å². The summed E-state index contributed by atoms with van der Waals surface area (Å²) in [5, 5.41) is 0. The molecular weight excluding hydrogens is 332 g/mol. The second kappa shape index (κ2) is 8.23. The van der Waals surface area contributed by atoms with Crippen molar-refractivity contribution in [1.82, 2.24) is 0 Å². The Morgan fingerprint density at radius 1 is 1.08 bits per heavy atom. The van der Waals surface area contributed by atoms with Crippen molar-refractivity contribution in [3.05, 3.63) is 59.7 Å². The maximum absolute atomic E-state index is 13.5. The molecular formula is C18H17F2NO4. The van der Waals surface area contributed by atoms with Gasteiger partial charge in [0.2, 0.25) is 0 Å². The molecule has 1 atom stereocenters. The Morgan fingerprint density at radius 2 is 1.72 bits per heavy atom. The number of aryl methyl sites for hydroxylation is 1. The van der Waals surface area contributed by atoms with Gasteiger partial charge in [0, 0.05) is 0 Å². The normalized spacial score (nSPS) is 11.6. The second-order valence-electron chi connectivity index (χ2n) is 5.32. The standard InChI is InChI=1S/C18H17F2NO4/c1-11(18(21)23)24-13-6-8-14(9-7-13)25-16(22)10-5-12-3-2-4-15(19)17(12)20/h2-4,6-9,11H,5,10H2,1H3,(H2,21,23). The Morgan fingerprint density at radius 3 is 2.36 bits per heavy atom. The number of nitrogens with two attached hydrogens (primary N) is 1. The lowest BCUT2D eigenvalue weighted by Crippen LogP contribution is -2.30. The Kier molecular flexibility index (Phi) is 6.05. The minimum atomic E-state index is -0.958. The lowest BCUT2D eigenvalue weighted by atomic mass is 10.1. The topological polar surface area (TPSA) is 78.6 Å². The number of halogens is 2. The van der Waals surface area contributed by atoms with Crippen LogP contribution >= 0.6 is 0 Å². The fourth-order valence-electron chi connectivity index (χ4n) is 2.01. The first-order valence-corrected chi connectivity index (χ1v) is 7.56. The summed E-state index contributed by atoms with van der Waals surface area (Å²) >= 11 is 0. The molecule has 132 valence electrons. The molecule has 0 bridgehead atoms. The molecule has 2 rings (SSSR count). The summed E-state index contributed by atoms with van der Waals surface area (Å²) in [7, 11) is 0. The Hall–Kier alpha value is -2.96. The van der Waals surface area contributed by atoms with Gasteiger partial charge in [0.15, 0.2) is 17.7 Å². The quantitative estimate of drug-likeness (QED) is 0.616. The van der Waals surface area contributed by atoms with Crippen LogP contribution in [0.3, 0.4) is 0 Å². The molecule has 0 aliphatic carbocycles. The van der Waals surface area contributed by atoms with Crippen molar-refractivity contribution in [2.45, 2.75) is 25.9 Å². The summed E-state index contributed by atoms with van der Waals surface area (Å²) in [5.41, 5.74) is 5.21. The van der Waals surface area contributed by atoms with Crippen LogP contribution in [0.4, 0.5) is 8.78 Å². The molecule has 0 radical (unpaired) electrons. The fraction of sp³-hybridized carbons (Fsp3) is 0.222. The van der Waals surface area contributed by atoms with Crippen molar-refractivity contribution in [3.63, 3.8) is 0 Å². The van der Waals surface area contributed by atoms with Crippen LogP contribution in [-0.2, 0) is 16.0 Å². The SMILES string of the molecule is CC(Oc1ccc(OC(=O)CCc2cccc(F)c2F)cc1)C(N)=O. The molecule has 5 nitrogen and oxygen atoms in total. The third-order valence-corrected chi connectivity index (χ3v) is 3.40. The van der Waals surface area contributed by atoms with Crippen LogP contribution in [-0.4, -0.2) is 18.0 Å². The van der Waals surface area contributed by atoms with Gasteiger partial charge in [-0.3, -0.25) is 9.59 Å². The van der Waals surface area contributed by atoms with Gasteiger partial charge in [-0.15, -0.1) is 0 Å². The number of hydrogen-bond acceptors (Lipinski definition) is 4. The summed E-state index contributed by atoms with van der Waals surface area (Å²) in [6, 6.07) is 9.83. The van der Waals surface area contributed by atoms with Gasteiger partial charge < -0.3 is 15.2 Å². The number of benzene rings is 2. The van der Waals surface area contributed by atoms with E-state index in [1.807, 2.05) is 0 Å². The monoisotopic (exact) mass is 349 g/mol. The number of esters is 1. The molecule has 0 aliphatic rings. The second-order valence-corrected chi connectivity index (χ2v) is 5.32. The lowest BCUT2D eigenvalue weighted by Gasteiger charge is -2.11. The summed E-state index contributed by atoms with van der Waals surface area (Å²) in [5.74, 6) is -2.42. The summed E-state index contributed by atoms with van der Waals surface area (Å²) in [6.45, 7) is 1.52. The van der Waals surface area contributed by atoms with Crippen LogP contribution in [0.1, 0.15) is 18.9 Å². The van der Waals surface area contributed by atoms with E-state index >= 15 is 0 Å². The van der Waals surface area contributed by atoms with Gasteiger partial charge in [0.25, 0.3) is 5.91 Å². The number of rotatable bonds is 7. The summed E-state index contributed by atoms with van der Waals surface area (Å²) < 4.78 is 37.0. The van der Waals surface area contributed by atoms with Crippen molar-refractivity contribution in [1.29, 1.82) is 0 Å². The highest BCUT2D eigenvalue weighted by Crippen LogP contribution is 2.20. The molecule has 25 heavy (non-hydrogen) atoms. The third-order valence-electron chi connectivity index (χ3n) is 3.40. The molecule has 7 heteroatoms. The van der Waals surface area contributed by atoms with Gasteiger partial charge in [0.05, 0.1) is 6.42 Å². The van der Waals surface area contributed by atoms with Crippen LogP contribution < -0.4 is 15.2 Å². The van der Waals surface area contributed by atoms with Gasteiger partial charge in [-0.2, -0.15) is 0 Å². The Labute approximate surface area is 143 Å². The zero-order valence-corrected chi connectivity index (χ0v) is 13.5. The predicted octanol–water partition coefficient (Wildman–Crippen LogP) is 2.76. The molecule has 0 fully saturated rings. The van der Waals surface area contributed by atoms with E-state index in [2.05, 4.69) is 0 Å². The molecule has 1 amide bonds. The third kappa shape index (κ3) is 5.27. The number of carbonyl (C=O) groups is 2. The van der Waals surface area contributed by atoms with E-state index in [0.29, 0.717) is 5.75 Å². The molecule has 1 unspecified atom stereocenters. The Balaban J connectivity index is 1.88. The van der Waals surface area contributed by atoms with Crippen LogP contribution in [0.2, 0.25) is 0 Å². The lowest BCUT2D eigenvalue weighted by molar-refractivity contribution is -0.134. The van der Waals surface area contributed by atoms with Crippen molar-refractivity contribution in [2.24, 2.45) is 5.73 Å². The average molecular weight is 349 g/mol. The number of hydrogen-bond donors (Lipinski definition) is 1. The molecule has 0 saturated carbocycles. The average Bonchev–Trinajstić information content (AvgIpc) is 2.58. The summed E-state index contributed by atoms with van der Waals surface area (Å²) in [6.07, 6.45) is -0.855. The minimum absolute atomic E-state index is 0.0275. The van der Waals surface area contributed by atoms with Crippen LogP contribution in [0.15, 0.2) is 42.5 Å². The number of amides is 1. The van der Waals surface area contributed by atoms with E-state index in [4.69, 9.17) is 15.2 Å². The molecule has 0 aromatic heterocycles. The van der Waals surface area contributed by atoms with E-state index in [-0.39, 0.29) is 24.2 Å².